The average Bonchev–Trinajstić information content (AvgIpc) is 2.31. The van der Waals surface area contributed by atoms with E-state index in [0.717, 1.165) is 45.4 Å². The summed E-state index contributed by atoms with van der Waals surface area (Å²) in [5.41, 5.74) is -0.121. The van der Waals surface area contributed by atoms with Crippen LogP contribution in [0.5, 0.6) is 0 Å². The first-order valence-corrected chi connectivity index (χ1v) is 6.20. The quantitative estimate of drug-likeness (QED) is 0.826. The van der Waals surface area contributed by atoms with Crippen LogP contribution in [0.25, 0.3) is 0 Å². The highest BCUT2D eigenvalue weighted by Crippen LogP contribution is 2.32. The number of rotatable bonds is 4. The van der Waals surface area contributed by atoms with Gasteiger partial charge in [-0.25, -0.2) is 0 Å². The highest BCUT2D eigenvalue weighted by atomic mass is 35.5. The first-order valence-electron chi connectivity index (χ1n) is 6.20. The highest BCUT2D eigenvalue weighted by Gasteiger charge is 2.39. The monoisotopic (exact) mass is 248 g/mol. The Kier molecular flexibility index (Phi) is 7.00. The van der Waals surface area contributed by atoms with Gasteiger partial charge >= 0.3 is 0 Å². The lowest BCUT2D eigenvalue weighted by atomic mass is 9.77. The molecule has 16 heavy (non-hydrogen) atoms. The van der Waals surface area contributed by atoms with Crippen molar-refractivity contribution in [2.75, 3.05) is 26.2 Å². The maximum absolute atomic E-state index is 12.4. The molecule has 0 aromatic rings. The average molecular weight is 249 g/mol. The molecule has 1 fully saturated rings. The first kappa shape index (κ1) is 15.7. The maximum atomic E-state index is 12.4. The summed E-state index contributed by atoms with van der Waals surface area (Å²) in [5, 5.41) is 3.36. The molecule has 1 heterocycles. The molecule has 4 heteroatoms. The zero-order valence-electron chi connectivity index (χ0n) is 10.7. The smallest absolute Gasteiger partial charge is 0.230 e. The van der Waals surface area contributed by atoms with E-state index in [4.69, 9.17) is 0 Å². The molecule has 1 N–H and O–H groups in total. The van der Waals surface area contributed by atoms with Gasteiger partial charge in [0.05, 0.1) is 5.41 Å². The van der Waals surface area contributed by atoms with Crippen LogP contribution in [-0.2, 0) is 4.79 Å². The van der Waals surface area contributed by atoms with Gasteiger partial charge in [0.15, 0.2) is 0 Å². The maximum Gasteiger partial charge on any atom is 0.230 e. The van der Waals surface area contributed by atoms with Crippen LogP contribution < -0.4 is 5.32 Å². The molecule has 96 valence electrons. The van der Waals surface area contributed by atoms with Gasteiger partial charge in [-0.3, -0.25) is 4.79 Å². The molecule has 0 bridgehead atoms. The van der Waals surface area contributed by atoms with E-state index in [-0.39, 0.29) is 17.8 Å². The molecule has 1 amide bonds. The van der Waals surface area contributed by atoms with Crippen molar-refractivity contribution in [2.45, 2.75) is 40.0 Å². The van der Waals surface area contributed by atoms with Gasteiger partial charge in [-0.15, -0.1) is 12.4 Å². The van der Waals surface area contributed by atoms with E-state index in [1.807, 2.05) is 4.90 Å². The summed E-state index contributed by atoms with van der Waals surface area (Å²) in [6, 6.07) is 0. The van der Waals surface area contributed by atoms with Crippen LogP contribution in [-0.4, -0.2) is 37.0 Å². The van der Waals surface area contributed by atoms with Crippen molar-refractivity contribution < 1.29 is 4.79 Å². The minimum absolute atomic E-state index is 0. The number of carbonyl (C=O) groups excluding carboxylic acids is 1. The van der Waals surface area contributed by atoms with Gasteiger partial charge in [0.1, 0.15) is 0 Å². The Morgan fingerprint density at radius 2 is 1.94 bits per heavy atom. The third-order valence-electron chi connectivity index (χ3n) is 3.65. The van der Waals surface area contributed by atoms with Gasteiger partial charge in [0, 0.05) is 19.6 Å². The lowest BCUT2D eigenvalue weighted by molar-refractivity contribution is -0.143. The Hall–Kier alpha value is -0.280. The molecular weight excluding hydrogens is 224 g/mol. The van der Waals surface area contributed by atoms with Crippen molar-refractivity contribution in [3.05, 3.63) is 0 Å². The predicted molar refractivity (Wildman–Crippen MR) is 70.0 cm³/mol. The number of hydrogen-bond acceptors (Lipinski definition) is 2. The summed E-state index contributed by atoms with van der Waals surface area (Å²) >= 11 is 0. The number of halogens is 1. The van der Waals surface area contributed by atoms with Crippen LogP contribution in [0, 0.1) is 5.41 Å². The standard InChI is InChI=1S/C12H24N2O.ClH/c1-4-12(8-7-9-13-10-12)11(15)14(5-2)6-3;/h13H,4-10H2,1-3H3;1H. The predicted octanol–water partition coefficient (Wildman–Crippen LogP) is 2.06. The molecule has 0 radical (unpaired) electrons. The molecule has 0 aromatic heterocycles. The van der Waals surface area contributed by atoms with Crippen LogP contribution >= 0.6 is 12.4 Å². The minimum atomic E-state index is -0.121. The molecule has 3 nitrogen and oxygen atoms in total. The Balaban J connectivity index is 0.00000225. The third kappa shape index (κ3) is 3.11. The second kappa shape index (κ2) is 7.13. The van der Waals surface area contributed by atoms with E-state index in [0.29, 0.717) is 5.91 Å². The zero-order chi connectivity index (χ0) is 11.3. The molecule has 0 saturated carbocycles. The van der Waals surface area contributed by atoms with Gasteiger partial charge < -0.3 is 10.2 Å². The molecule has 1 unspecified atom stereocenters. The van der Waals surface area contributed by atoms with Crippen molar-refractivity contribution in [3.8, 4) is 0 Å². The number of hydrogen-bond donors (Lipinski definition) is 1. The molecule has 1 atom stereocenters. The zero-order valence-corrected chi connectivity index (χ0v) is 11.5. The lowest BCUT2D eigenvalue weighted by Crippen LogP contribution is -2.51. The second-order valence-electron chi connectivity index (χ2n) is 4.39. The fourth-order valence-electron chi connectivity index (χ4n) is 2.45. The number of carbonyl (C=O) groups is 1. The normalized spacial score (nSPS) is 24.7. The lowest BCUT2D eigenvalue weighted by Gasteiger charge is -2.39. The van der Waals surface area contributed by atoms with Gasteiger partial charge in [0.2, 0.25) is 5.91 Å². The van der Waals surface area contributed by atoms with Crippen LogP contribution in [0.15, 0.2) is 0 Å². The van der Waals surface area contributed by atoms with E-state index >= 15 is 0 Å². The Labute approximate surface area is 105 Å². The van der Waals surface area contributed by atoms with Gasteiger partial charge in [-0.05, 0) is 39.7 Å². The number of piperidine rings is 1. The summed E-state index contributed by atoms with van der Waals surface area (Å²) in [5.74, 6) is 0.349. The number of amides is 1. The molecule has 1 rings (SSSR count). The fraction of sp³-hybridized carbons (Fsp3) is 0.917. The Bertz CT molecular complexity index is 211. The molecule has 0 spiro atoms. The fourth-order valence-corrected chi connectivity index (χ4v) is 2.45. The number of nitrogens with one attached hydrogen (secondary N) is 1. The van der Waals surface area contributed by atoms with E-state index in [1.165, 1.54) is 0 Å². The highest BCUT2D eigenvalue weighted by molar-refractivity contribution is 5.85. The van der Waals surface area contributed by atoms with Crippen molar-refractivity contribution in [2.24, 2.45) is 5.41 Å². The Morgan fingerprint density at radius 3 is 2.31 bits per heavy atom. The summed E-state index contributed by atoms with van der Waals surface area (Å²) in [6.07, 6.45) is 3.13. The van der Waals surface area contributed by atoms with Crippen LogP contribution in [0.3, 0.4) is 0 Å². The van der Waals surface area contributed by atoms with Crippen LogP contribution in [0.1, 0.15) is 40.0 Å². The SMILES string of the molecule is CCN(CC)C(=O)C1(CC)CCCNC1.Cl. The van der Waals surface area contributed by atoms with Gasteiger partial charge in [-0.1, -0.05) is 6.92 Å². The largest absolute Gasteiger partial charge is 0.343 e. The summed E-state index contributed by atoms with van der Waals surface area (Å²) in [4.78, 5) is 14.4. The molecule has 0 aliphatic carbocycles. The second-order valence-corrected chi connectivity index (χ2v) is 4.39. The first-order chi connectivity index (χ1) is 7.20. The summed E-state index contributed by atoms with van der Waals surface area (Å²) in [6.45, 7) is 9.83. The van der Waals surface area contributed by atoms with E-state index in [9.17, 15) is 4.79 Å². The molecule has 0 aromatic carbocycles. The molecule has 1 aliphatic heterocycles. The molecular formula is C12H25ClN2O. The van der Waals surface area contributed by atoms with Crippen LogP contribution in [0.2, 0.25) is 0 Å². The minimum Gasteiger partial charge on any atom is -0.343 e. The van der Waals surface area contributed by atoms with Crippen molar-refractivity contribution in [1.82, 2.24) is 10.2 Å². The van der Waals surface area contributed by atoms with Crippen LogP contribution in [0.4, 0.5) is 0 Å². The Morgan fingerprint density at radius 1 is 1.31 bits per heavy atom. The number of nitrogens with zero attached hydrogens (tertiary/aromatic N) is 1. The van der Waals surface area contributed by atoms with Crippen molar-refractivity contribution in [3.63, 3.8) is 0 Å². The van der Waals surface area contributed by atoms with Gasteiger partial charge in [0.25, 0.3) is 0 Å². The summed E-state index contributed by atoms with van der Waals surface area (Å²) < 4.78 is 0. The van der Waals surface area contributed by atoms with E-state index in [1.54, 1.807) is 0 Å². The van der Waals surface area contributed by atoms with E-state index in [2.05, 4.69) is 26.1 Å². The third-order valence-corrected chi connectivity index (χ3v) is 3.65. The topological polar surface area (TPSA) is 32.3 Å². The van der Waals surface area contributed by atoms with Crippen molar-refractivity contribution in [1.29, 1.82) is 0 Å². The van der Waals surface area contributed by atoms with E-state index < -0.39 is 0 Å². The van der Waals surface area contributed by atoms with Crippen molar-refractivity contribution >= 4 is 18.3 Å². The molecule has 1 aliphatic rings. The molecule has 1 saturated heterocycles. The summed E-state index contributed by atoms with van der Waals surface area (Å²) in [7, 11) is 0. The van der Waals surface area contributed by atoms with Gasteiger partial charge in [-0.2, -0.15) is 0 Å².